The van der Waals surface area contributed by atoms with Crippen molar-refractivity contribution in [3.8, 4) is 5.75 Å². The molecule has 2 rings (SSSR count). The van der Waals surface area contributed by atoms with E-state index in [2.05, 4.69) is 10.1 Å². The van der Waals surface area contributed by atoms with E-state index >= 15 is 0 Å². The molecule has 0 fully saturated rings. The molecule has 0 saturated carbocycles. The molecule has 0 aliphatic heterocycles. The fourth-order valence-corrected chi connectivity index (χ4v) is 2.16. The molecule has 0 aliphatic carbocycles. The first-order chi connectivity index (χ1) is 13.1. The number of nitrogens with zero attached hydrogens (tertiary/aromatic N) is 1. The van der Waals surface area contributed by atoms with Crippen molar-refractivity contribution in [3.63, 3.8) is 0 Å². The lowest BCUT2D eigenvalue weighted by atomic mass is 10.1. The number of hydrogen-bond acceptors (Lipinski definition) is 6. The Bertz CT molecular complexity index is 914. The number of para-hydroxylation sites is 2. The smallest absolute Gasteiger partial charge is 0.462 e. The van der Waals surface area contributed by atoms with Crippen LogP contribution in [0.1, 0.15) is 27.6 Å². The topological polar surface area (TPSA) is 108 Å². The van der Waals surface area contributed by atoms with Crippen molar-refractivity contribution in [2.45, 2.75) is 13.3 Å². The molecule has 0 unspecified atom stereocenters. The van der Waals surface area contributed by atoms with Gasteiger partial charge in [-0.1, -0.05) is 12.1 Å². The highest BCUT2D eigenvalue weighted by Crippen LogP contribution is 2.30. The molecule has 148 valence electrons. The third-order valence-electron chi connectivity index (χ3n) is 3.26. The maximum Gasteiger partial charge on any atom is 0.573 e. The molecular formula is C17H13F3N2O6. The molecule has 0 heterocycles. The summed E-state index contributed by atoms with van der Waals surface area (Å²) in [5.74, 6) is -2.53. The molecule has 0 bridgehead atoms. The molecule has 2 aromatic rings. The van der Waals surface area contributed by atoms with Gasteiger partial charge < -0.3 is 14.8 Å². The maximum atomic E-state index is 12.5. The Morgan fingerprint density at radius 2 is 1.79 bits per heavy atom. The largest absolute Gasteiger partial charge is 0.573 e. The van der Waals surface area contributed by atoms with Gasteiger partial charge >= 0.3 is 12.3 Å². The monoisotopic (exact) mass is 398 g/mol. The summed E-state index contributed by atoms with van der Waals surface area (Å²) in [5.41, 5.74) is -1.44. The number of alkyl halides is 3. The fourth-order valence-electron chi connectivity index (χ4n) is 2.16. The Morgan fingerprint density at radius 3 is 2.39 bits per heavy atom. The van der Waals surface area contributed by atoms with Gasteiger partial charge in [0.2, 0.25) is 0 Å². The number of ether oxygens (including phenoxy) is 2. The lowest BCUT2D eigenvalue weighted by Crippen LogP contribution is -2.20. The van der Waals surface area contributed by atoms with Crippen LogP contribution in [0.3, 0.4) is 0 Å². The second-order valence-electron chi connectivity index (χ2n) is 5.24. The van der Waals surface area contributed by atoms with Gasteiger partial charge in [0.05, 0.1) is 22.8 Å². The van der Waals surface area contributed by atoms with Crippen LogP contribution in [0.15, 0.2) is 42.5 Å². The zero-order chi connectivity index (χ0) is 20.9. The van der Waals surface area contributed by atoms with Crippen LogP contribution in [0.4, 0.5) is 24.5 Å². The molecule has 28 heavy (non-hydrogen) atoms. The number of amides is 1. The first-order valence-electron chi connectivity index (χ1n) is 7.73. The first-order valence-corrected chi connectivity index (χ1v) is 7.73. The summed E-state index contributed by atoms with van der Waals surface area (Å²) in [5, 5.41) is 13.2. The molecule has 11 heteroatoms. The number of halogens is 3. The number of anilines is 1. The molecule has 0 radical (unpaired) electrons. The third kappa shape index (κ3) is 5.43. The summed E-state index contributed by atoms with van der Waals surface area (Å²) in [6.07, 6.45) is -4.98. The lowest BCUT2D eigenvalue weighted by Gasteiger charge is -2.14. The van der Waals surface area contributed by atoms with E-state index in [4.69, 9.17) is 4.74 Å². The van der Waals surface area contributed by atoms with Gasteiger partial charge in [0.25, 0.3) is 11.6 Å². The van der Waals surface area contributed by atoms with Gasteiger partial charge in [0, 0.05) is 17.7 Å². The Kier molecular flexibility index (Phi) is 6.18. The van der Waals surface area contributed by atoms with Crippen LogP contribution in [0.25, 0.3) is 0 Å². The molecule has 0 saturated heterocycles. The van der Waals surface area contributed by atoms with Crippen molar-refractivity contribution < 1.29 is 37.2 Å². The van der Waals surface area contributed by atoms with Gasteiger partial charge in [0.1, 0.15) is 0 Å². The van der Waals surface area contributed by atoms with E-state index in [1.54, 1.807) is 0 Å². The molecule has 8 nitrogen and oxygen atoms in total. The molecule has 1 N–H and O–H groups in total. The lowest BCUT2D eigenvalue weighted by molar-refractivity contribution is -0.384. The number of non-ortho nitro benzene ring substituents is 1. The van der Waals surface area contributed by atoms with E-state index in [0.717, 1.165) is 30.3 Å². The first kappa shape index (κ1) is 20.7. The summed E-state index contributed by atoms with van der Waals surface area (Å²) in [6, 6.07) is 7.61. The standard InChI is InChI=1S/C17H13F3N2O6/c1-2-27-16(24)11-7-10(8-12(9-11)22(25)26)15(23)21-13-5-3-4-6-14(13)28-17(18,19)20/h3-9H,2H2,1H3,(H,21,23). The Hall–Kier alpha value is -3.63. The predicted molar refractivity (Wildman–Crippen MR) is 90.1 cm³/mol. The average molecular weight is 398 g/mol. The van der Waals surface area contributed by atoms with E-state index in [1.807, 2.05) is 0 Å². The Labute approximate surface area is 156 Å². The van der Waals surface area contributed by atoms with E-state index in [9.17, 15) is 32.9 Å². The van der Waals surface area contributed by atoms with Crippen LogP contribution >= 0.6 is 0 Å². The van der Waals surface area contributed by atoms with E-state index < -0.39 is 34.6 Å². The van der Waals surface area contributed by atoms with Crippen molar-refractivity contribution in [2.75, 3.05) is 11.9 Å². The normalized spacial score (nSPS) is 10.9. The molecule has 0 spiro atoms. The fraction of sp³-hybridized carbons (Fsp3) is 0.176. The minimum Gasteiger partial charge on any atom is -0.462 e. The number of esters is 1. The second kappa shape index (κ2) is 8.37. The highest BCUT2D eigenvalue weighted by molar-refractivity contribution is 6.06. The van der Waals surface area contributed by atoms with Crippen molar-refractivity contribution >= 4 is 23.3 Å². The van der Waals surface area contributed by atoms with Crippen molar-refractivity contribution in [2.24, 2.45) is 0 Å². The predicted octanol–water partition coefficient (Wildman–Crippen LogP) is 3.92. The molecule has 1 amide bonds. The third-order valence-corrected chi connectivity index (χ3v) is 3.26. The van der Waals surface area contributed by atoms with Crippen LogP contribution < -0.4 is 10.1 Å². The summed E-state index contributed by atoms with van der Waals surface area (Å²) in [6.45, 7) is 1.53. The molecule has 0 atom stereocenters. The van der Waals surface area contributed by atoms with Crippen molar-refractivity contribution in [1.29, 1.82) is 0 Å². The number of carbonyl (C=O) groups is 2. The van der Waals surface area contributed by atoms with Crippen LogP contribution in [-0.4, -0.2) is 29.8 Å². The van der Waals surface area contributed by atoms with Crippen molar-refractivity contribution in [1.82, 2.24) is 0 Å². The number of nitro benzene ring substituents is 1. The number of nitrogens with one attached hydrogen (secondary N) is 1. The van der Waals surface area contributed by atoms with Gasteiger partial charge in [0.15, 0.2) is 5.75 Å². The summed E-state index contributed by atoms with van der Waals surface area (Å²) in [4.78, 5) is 34.5. The van der Waals surface area contributed by atoms with Crippen LogP contribution in [0.5, 0.6) is 5.75 Å². The summed E-state index contributed by atoms with van der Waals surface area (Å²) >= 11 is 0. The van der Waals surface area contributed by atoms with Gasteiger partial charge in [-0.3, -0.25) is 14.9 Å². The van der Waals surface area contributed by atoms with Crippen molar-refractivity contribution in [3.05, 3.63) is 63.7 Å². The molecular weight excluding hydrogens is 385 g/mol. The SMILES string of the molecule is CCOC(=O)c1cc(C(=O)Nc2ccccc2OC(F)(F)F)cc([N+](=O)[O-])c1. The van der Waals surface area contributed by atoms with E-state index in [-0.39, 0.29) is 23.4 Å². The Balaban J connectivity index is 2.37. The van der Waals surface area contributed by atoms with Gasteiger partial charge in [-0.05, 0) is 25.1 Å². The quantitative estimate of drug-likeness (QED) is 0.449. The van der Waals surface area contributed by atoms with Crippen LogP contribution in [-0.2, 0) is 4.74 Å². The van der Waals surface area contributed by atoms with Gasteiger partial charge in [-0.15, -0.1) is 13.2 Å². The summed E-state index contributed by atoms with van der Waals surface area (Å²) in [7, 11) is 0. The summed E-state index contributed by atoms with van der Waals surface area (Å²) < 4.78 is 46.0. The van der Waals surface area contributed by atoms with Gasteiger partial charge in [-0.25, -0.2) is 4.79 Å². The van der Waals surface area contributed by atoms with E-state index in [0.29, 0.717) is 0 Å². The van der Waals surface area contributed by atoms with E-state index in [1.165, 1.54) is 19.1 Å². The van der Waals surface area contributed by atoms with Crippen LogP contribution in [0, 0.1) is 10.1 Å². The number of nitro groups is 1. The average Bonchev–Trinajstić information content (AvgIpc) is 2.62. The second-order valence-corrected chi connectivity index (χ2v) is 5.24. The zero-order valence-corrected chi connectivity index (χ0v) is 14.3. The number of benzene rings is 2. The van der Waals surface area contributed by atoms with Crippen LogP contribution in [0.2, 0.25) is 0 Å². The number of rotatable bonds is 6. The molecule has 0 aliphatic rings. The number of carbonyl (C=O) groups excluding carboxylic acids is 2. The highest BCUT2D eigenvalue weighted by Gasteiger charge is 2.32. The molecule has 2 aromatic carbocycles. The maximum absolute atomic E-state index is 12.5. The highest BCUT2D eigenvalue weighted by atomic mass is 19.4. The minimum atomic E-state index is -4.98. The minimum absolute atomic E-state index is 0.00517. The van der Waals surface area contributed by atoms with Gasteiger partial charge in [-0.2, -0.15) is 0 Å². The number of hydrogen-bond donors (Lipinski definition) is 1. The Morgan fingerprint density at radius 1 is 1.14 bits per heavy atom. The zero-order valence-electron chi connectivity index (χ0n) is 14.3. The molecule has 0 aromatic heterocycles.